The second kappa shape index (κ2) is 6.45. The number of halogens is 3. The summed E-state index contributed by atoms with van der Waals surface area (Å²) in [6.45, 7) is 2.25. The molecule has 0 saturated carbocycles. The molecule has 1 rings (SSSR count). The quantitative estimate of drug-likeness (QED) is 0.839. The third-order valence-electron chi connectivity index (χ3n) is 2.52. The molecular formula is C13H17F3N2O. The van der Waals surface area contributed by atoms with Gasteiger partial charge in [0.05, 0.1) is 0 Å². The molecular weight excluding hydrogens is 257 g/mol. The zero-order chi connectivity index (χ0) is 14.5. The fraction of sp³-hybridized carbons (Fsp3) is 0.462. The Balaban J connectivity index is 2.75. The number of alkyl halides is 3. The third-order valence-corrected chi connectivity index (χ3v) is 2.52. The number of carbonyl (C=O) groups excluding carboxylic acids is 1. The minimum atomic E-state index is -4.47. The molecule has 3 nitrogen and oxygen atoms in total. The number of amides is 1. The summed E-state index contributed by atoms with van der Waals surface area (Å²) in [6, 6.07) is 6.79. The van der Waals surface area contributed by atoms with Crippen molar-refractivity contribution < 1.29 is 18.0 Å². The van der Waals surface area contributed by atoms with E-state index >= 15 is 0 Å². The van der Waals surface area contributed by atoms with Crippen LogP contribution in [-0.2, 0) is 11.3 Å². The SMILES string of the molecule is CCCN(Cc1cccc(N)c1)C(=O)CC(F)(F)F. The number of hydrogen-bond donors (Lipinski definition) is 1. The number of nitrogens with two attached hydrogens (primary N) is 1. The first-order valence-electron chi connectivity index (χ1n) is 6.00. The number of rotatable bonds is 5. The van der Waals surface area contributed by atoms with Gasteiger partial charge in [-0.2, -0.15) is 13.2 Å². The highest BCUT2D eigenvalue weighted by Crippen LogP contribution is 2.21. The van der Waals surface area contributed by atoms with Gasteiger partial charge in [-0.25, -0.2) is 0 Å². The summed E-state index contributed by atoms with van der Waals surface area (Å²) in [4.78, 5) is 12.8. The molecule has 0 fully saturated rings. The van der Waals surface area contributed by atoms with Gasteiger partial charge in [0, 0.05) is 18.8 Å². The monoisotopic (exact) mass is 274 g/mol. The molecule has 1 amide bonds. The molecule has 6 heteroatoms. The number of carbonyl (C=O) groups is 1. The fourth-order valence-corrected chi connectivity index (χ4v) is 1.76. The smallest absolute Gasteiger partial charge is 0.397 e. The molecule has 0 atom stereocenters. The van der Waals surface area contributed by atoms with Crippen LogP contribution in [0.4, 0.5) is 18.9 Å². The summed E-state index contributed by atoms with van der Waals surface area (Å²) in [7, 11) is 0. The first-order valence-corrected chi connectivity index (χ1v) is 6.00. The van der Waals surface area contributed by atoms with Gasteiger partial charge in [-0.05, 0) is 24.1 Å². The first-order chi connectivity index (χ1) is 8.81. The van der Waals surface area contributed by atoms with Crippen LogP contribution in [-0.4, -0.2) is 23.5 Å². The van der Waals surface area contributed by atoms with Crippen molar-refractivity contribution in [3.8, 4) is 0 Å². The molecule has 0 aliphatic heterocycles. The van der Waals surface area contributed by atoms with Crippen LogP contribution in [0.5, 0.6) is 0 Å². The van der Waals surface area contributed by atoms with Gasteiger partial charge in [-0.1, -0.05) is 19.1 Å². The maximum absolute atomic E-state index is 12.2. The maximum Gasteiger partial charge on any atom is 0.397 e. The molecule has 106 valence electrons. The van der Waals surface area contributed by atoms with Gasteiger partial charge in [0.25, 0.3) is 0 Å². The lowest BCUT2D eigenvalue weighted by atomic mass is 10.2. The summed E-state index contributed by atoms with van der Waals surface area (Å²) < 4.78 is 36.7. The Hall–Kier alpha value is -1.72. The second-order valence-corrected chi connectivity index (χ2v) is 4.35. The lowest BCUT2D eigenvalue weighted by Gasteiger charge is -2.23. The molecule has 1 aromatic rings. The molecule has 19 heavy (non-hydrogen) atoms. The van der Waals surface area contributed by atoms with E-state index < -0.39 is 18.5 Å². The highest BCUT2D eigenvalue weighted by Gasteiger charge is 2.33. The van der Waals surface area contributed by atoms with Crippen LogP contribution in [0.15, 0.2) is 24.3 Å². The van der Waals surface area contributed by atoms with Gasteiger partial charge in [0.15, 0.2) is 0 Å². The highest BCUT2D eigenvalue weighted by molar-refractivity contribution is 5.76. The molecule has 0 aliphatic carbocycles. The predicted octanol–water partition coefficient (Wildman–Crippen LogP) is 2.96. The summed E-state index contributed by atoms with van der Waals surface area (Å²) in [5.41, 5.74) is 6.85. The van der Waals surface area contributed by atoms with E-state index in [4.69, 9.17) is 5.73 Å². The van der Waals surface area contributed by atoms with E-state index in [0.717, 1.165) is 5.56 Å². The Morgan fingerprint density at radius 1 is 1.37 bits per heavy atom. The van der Waals surface area contributed by atoms with Crippen molar-refractivity contribution in [1.29, 1.82) is 0 Å². The average Bonchev–Trinajstić information content (AvgIpc) is 2.26. The van der Waals surface area contributed by atoms with E-state index in [0.29, 0.717) is 18.7 Å². The number of hydrogen-bond acceptors (Lipinski definition) is 2. The van der Waals surface area contributed by atoms with E-state index in [-0.39, 0.29) is 6.54 Å². The summed E-state index contributed by atoms with van der Waals surface area (Å²) in [5.74, 6) is -0.906. The van der Waals surface area contributed by atoms with Gasteiger partial charge in [0.2, 0.25) is 5.91 Å². The molecule has 0 saturated heterocycles. The summed E-state index contributed by atoms with van der Waals surface area (Å²) >= 11 is 0. The van der Waals surface area contributed by atoms with Crippen LogP contribution < -0.4 is 5.73 Å². The third kappa shape index (κ3) is 5.63. The van der Waals surface area contributed by atoms with Crippen molar-refractivity contribution in [3.05, 3.63) is 29.8 Å². The molecule has 0 bridgehead atoms. The van der Waals surface area contributed by atoms with Crippen LogP contribution in [0.1, 0.15) is 25.3 Å². The van der Waals surface area contributed by atoms with Crippen LogP contribution in [0, 0.1) is 0 Å². The lowest BCUT2D eigenvalue weighted by Crippen LogP contribution is -2.34. The van der Waals surface area contributed by atoms with Crippen molar-refractivity contribution in [2.45, 2.75) is 32.5 Å². The van der Waals surface area contributed by atoms with Gasteiger partial charge < -0.3 is 10.6 Å². The second-order valence-electron chi connectivity index (χ2n) is 4.35. The Bertz CT molecular complexity index is 432. The van der Waals surface area contributed by atoms with Crippen molar-refractivity contribution in [3.63, 3.8) is 0 Å². The van der Waals surface area contributed by atoms with Crippen LogP contribution in [0.2, 0.25) is 0 Å². The Morgan fingerprint density at radius 3 is 2.58 bits per heavy atom. The molecule has 0 aromatic heterocycles. The standard InChI is InChI=1S/C13H17F3N2O/c1-2-6-18(12(19)8-13(14,15)16)9-10-4-3-5-11(17)7-10/h3-5,7H,2,6,8-9,17H2,1H3. The summed E-state index contributed by atoms with van der Waals surface area (Å²) in [6.07, 6.45) is -5.29. The number of anilines is 1. The van der Waals surface area contributed by atoms with Gasteiger partial charge in [-0.15, -0.1) is 0 Å². The maximum atomic E-state index is 12.2. The van der Waals surface area contributed by atoms with E-state index in [9.17, 15) is 18.0 Å². The van der Waals surface area contributed by atoms with Crippen LogP contribution >= 0.6 is 0 Å². The Morgan fingerprint density at radius 2 is 2.05 bits per heavy atom. The van der Waals surface area contributed by atoms with Gasteiger partial charge >= 0.3 is 6.18 Å². The minimum Gasteiger partial charge on any atom is -0.399 e. The fourth-order valence-electron chi connectivity index (χ4n) is 1.76. The molecule has 0 unspecified atom stereocenters. The Kier molecular flexibility index (Phi) is 5.20. The van der Waals surface area contributed by atoms with E-state index in [2.05, 4.69) is 0 Å². The van der Waals surface area contributed by atoms with Crippen molar-refractivity contribution in [2.24, 2.45) is 0 Å². The number of nitrogen functional groups attached to an aromatic ring is 1. The molecule has 0 radical (unpaired) electrons. The van der Waals surface area contributed by atoms with Crippen molar-refractivity contribution in [1.82, 2.24) is 4.90 Å². The van der Waals surface area contributed by atoms with Gasteiger partial charge in [-0.3, -0.25) is 4.79 Å². The van der Waals surface area contributed by atoms with Crippen LogP contribution in [0.3, 0.4) is 0 Å². The normalized spacial score (nSPS) is 11.4. The van der Waals surface area contributed by atoms with E-state index in [1.807, 2.05) is 6.92 Å². The average molecular weight is 274 g/mol. The molecule has 0 heterocycles. The molecule has 0 aliphatic rings. The minimum absolute atomic E-state index is 0.147. The van der Waals surface area contributed by atoms with Gasteiger partial charge in [0.1, 0.15) is 6.42 Å². The highest BCUT2D eigenvalue weighted by atomic mass is 19.4. The topological polar surface area (TPSA) is 46.3 Å². The van der Waals surface area contributed by atoms with Crippen LogP contribution in [0.25, 0.3) is 0 Å². The number of benzene rings is 1. The zero-order valence-electron chi connectivity index (χ0n) is 10.7. The van der Waals surface area contributed by atoms with E-state index in [1.165, 1.54) is 4.90 Å². The Labute approximate surface area is 110 Å². The van der Waals surface area contributed by atoms with Crippen molar-refractivity contribution >= 4 is 11.6 Å². The molecule has 0 spiro atoms. The summed E-state index contributed by atoms with van der Waals surface area (Å²) in [5, 5.41) is 0. The van der Waals surface area contributed by atoms with Crippen molar-refractivity contribution in [2.75, 3.05) is 12.3 Å². The first kappa shape index (κ1) is 15.3. The largest absolute Gasteiger partial charge is 0.399 e. The lowest BCUT2D eigenvalue weighted by molar-refractivity contribution is -0.161. The number of nitrogens with zero attached hydrogens (tertiary/aromatic N) is 1. The molecule has 2 N–H and O–H groups in total. The zero-order valence-corrected chi connectivity index (χ0v) is 10.7. The van der Waals surface area contributed by atoms with E-state index in [1.54, 1.807) is 24.3 Å². The molecule has 1 aromatic carbocycles. The predicted molar refractivity (Wildman–Crippen MR) is 67.2 cm³/mol.